The minimum Gasteiger partial charge on any atom is -0.548 e. The van der Waals surface area contributed by atoms with Crippen molar-refractivity contribution < 1.29 is 34.5 Å². The first-order chi connectivity index (χ1) is 14.5. The maximum Gasteiger partial charge on any atom is 0.249 e. The zero-order valence-corrected chi connectivity index (χ0v) is 18.9. The molecule has 2 saturated heterocycles. The lowest BCUT2D eigenvalue weighted by molar-refractivity contribution is -0.311. The molecule has 2 heterocycles. The molecular weight excluding hydrogens is 426 g/mol. The van der Waals surface area contributed by atoms with E-state index in [4.69, 9.17) is 0 Å². The van der Waals surface area contributed by atoms with Gasteiger partial charge in [-0.05, 0) is 12.8 Å². The summed E-state index contributed by atoms with van der Waals surface area (Å²) in [5.74, 6) is -1.92. The molecule has 10 nitrogen and oxygen atoms in total. The van der Waals surface area contributed by atoms with E-state index in [1.165, 1.54) is 16.7 Å². The van der Waals surface area contributed by atoms with Crippen LogP contribution in [0.1, 0.15) is 40.0 Å². The number of aliphatic carboxylic acids is 1. The minimum atomic E-state index is -1.38. The van der Waals surface area contributed by atoms with Crippen molar-refractivity contribution in [2.24, 2.45) is 11.3 Å². The molecule has 0 aromatic heterocycles. The predicted molar refractivity (Wildman–Crippen MR) is 112 cm³/mol. The number of fused-ring (bicyclic) bond motifs is 1. The predicted octanol–water partition coefficient (Wildman–Crippen LogP) is -2.15. The van der Waals surface area contributed by atoms with Crippen LogP contribution < -0.4 is 15.7 Å². The van der Waals surface area contributed by atoms with Crippen LogP contribution >= 0.6 is 11.8 Å². The third-order valence-corrected chi connectivity index (χ3v) is 7.32. The van der Waals surface area contributed by atoms with Gasteiger partial charge in [0, 0.05) is 42.0 Å². The van der Waals surface area contributed by atoms with Crippen molar-refractivity contribution in [3.63, 3.8) is 0 Å². The second kappa shape index (κ2) is 10.6. The van der Waals surface area contributed by atoms with Gasteiger partial charge in [0.2, 0.25) is 17.7 Å². The summed E-state index contributed by atoms with van der Waals surface area (Å²) in [4.78, 5) is 48.9. The van der Waals surface area contributed by atoms with E-state index in [0.29, 0.717) is 25.1 Å². The Hall–Kier alpha value is -1.85. The normalized spacial score (nSPS) is 26.1. The molecule has 176 valence electrons. The van der Waals surface area contributed by atoms with Crippen molar-refractivity contribution in [3.8, 4) is 0 Å². The fourth-order valence-corrected chi connectivity index (χ4v) is 5.28. The summed E-state index contributed by atoms with van der Waals surface area (Å²) < 4.78 is 0. The van der Waals surface area contributed by atoms with Crippen molar-refractivity contribution in [1.82, 2.24) is 15.5 Å². The van der Waals surface area contributed by atoms with Gasteiger partial charge in [0.05, 0.1) is 24.5 Å². The van der Waals surface area contributed by atoms with E-state index < -0.39 is 29.4 Å². The van der Waals surface area contributed by atoms with E-state index in [0.717, 1.165) is 0 Å². The number of carbonyl (C=O) groups is 4. The number of hydrogen-bond acceptors (Lipinski definition) is 8. The Morgan fingerprint density at radius 1 is 1.29 bits per heavy atom. The quantitative estimate of drug-likeness (QED) is 0.190. The van der Waals surface area contributed by atoms with Crippen LogP contribution in [0.5, 0.6) is 0 Å². The zero-order chi connectivity index (χ0) is 23.3. The first-order valence-electron chi connectivity index (χ1n) is 10.5. The van der Waals surface area contributed by atoms with Crippen molar-refractivity contribution in [3.05, 3.63) is 0 Å². The monoisotopic (exact) mass is 458 g/mol. The number of aliphatic hydroxyl groups is 2. The first kappa shape index (κ1) is 25.4. The number of rotatable bonds is 12. The molecular formula is C20H32N3O7S-. The number of carboxylic acids is 1. The highest BCUT2D eigenvalue weighted by molar-refractivity contribution is 8.00. The summed E-state index contributed by atoms with van der Waals surface area (Å²) in [6.45, 7) is 5.04. The molecule has 0 radical (unpaired) electrons. The second-order valence-electron chi connectivity index (χ2n) is 8.68. The largest absolute Gasteiger partial charge is 0.548 e. The smallest absolute Gasteiger partial charge is 0.249 e. The van der Waals surface area contributed by atoms with Gasteiger partial charge in [-0.25, -0.2) is 0 Å². The standard InChI is InChI=1S/C20H33N3O7S/c1-4-11-12-9-13(15(19(29)30)23(12)18(11)28)31-8-7-21-14(25)5-6-22-17(27)16(26)20(2,3)10-24/h11-13,15-16,24,26H,4-10H2,1-3H3,(H,21,25)(H,22,27)(H,29,30)/p-1/t11-,12+,13-,15+,16+/m1/s1. The van der Waals surface area contributed by atoms with Crippen LogP contribution in [0.25, 0.3) is 0 Å². The van der Waals surface area contributed by atoms with Gasteiger partial charge in [0.1, 0.15) is 6.10 Å². The third-order valence-electron chi connectivity index (χ3n) is 6.00. The Labute approximate surface area is 186 Å². The topological polar surface area (TPSA) is 159 Å². The van der Waals surface area contributed by atoms with E-state index in [9.17, 15) is 34.5 Å². The highest BCUT2D eigenvalue weighted by Crippen LogP contribution is 2.44. The van der Waals surface area contributed by atoms with E-state index >= 15 is 0 Å². The van der Waals surface area contributed by atoms with Gasteiger partial charge in [-0.15, -0.1) is 0 Å². The maximum absolute atomic E-state index is 12.1. The maximum atomic E-state index is 12.1. The molecule has 11 heteroatoms. The fourth-order valence-electron chi connectivity index (χ4n) is 4.00. The molecule has 0 saturated carbocycles. The third kappa shape index (κ3) is 5.69. The summed E-state index contributed by atoms with van der Waals surface area (Å²) in [6, 6.07) is -0.965. The fraction of sp³-hybridized carbons (Fsp3) is 0.800. The Balaban J connectivity index is 1.67. The van der Waals surface area contributed by atoms with E-state index in [1.807, 2.05) is 6.92 Å². The SMILES string of the molecule is CC[C@H]1C(=O)N2[C@H](C(=O)[O-])[C@H](SCCNC(=O)CCNC(=O)[C@H](O)C(C)(C)CO)C[C@@H]12. The average Bonchev–Trinajstić information content (AvgIpc) is 3.05. The number of thioether (sulfide) groups is 1. The summed E-state index contributed by atoms with van der Waals surface area (Å²) in [6.07, 6.45) is -0.0560. The van der Waals surface area contributed by atoms with Gasteiger partial charge in [-0.3, -0.25) is 14.4 Å². The Kier molecular flexibility index (Phi) is 8.73. The summed E-state index contributed by atoms with van der Waals surface area (Å²) in [5, 5.41) is 35.5. The van der Waals surface area contributed by atoms with Gasteiger partial charge in [0.15, 0.2) is 0 Å². The highest BCUT2D eigenvalue weighted by Gasteiger charge is 2.57. The molecule has 5 atom stereocenters. The average molecular weight is 459 g/mol. The summed E-state index contributed by atoms with van der Waals surface area (Å²) in [7, 11) is 0. The lowest BCUT2D eigenvalue weighted by Crippen LogP contribution is -2.63. The second-order valence-corrected chi connectivity index (χ2v) is 10.0. The van der Waals surface area contributed by atoms with Gasteiger partial charge < -0.3 is 35.6 Å². The molecule has 0 spiro atoms. The number of hydrogen-bond donors (Lipinski definition) is 4. The first-order valence-corrected chi connectivity index (χ1v) is 11.6. The van der Waals surface area contributed by atoms with Crippen LogP contribution in [0.3, 0.4) is 0 Å². The highest BCUT2D eigenvalue weighted by atomic mass is 32.2. The van der Waals surface area contributed by atoms with E-state index in [-0.39, 0.29) is 48.6 Å². The number of carboxylic acid groups (broad SMARTS) is 1. The van der Waals surface area contributed by atoms with Crippen molar-refractivity contribution >= 4 is 35.5 Å². The van der Waals surface area contributed by atoms with Crippen molar-refractivity contribution in [1.29, 1.82) is 0 Å². The summed E-state index contributed by atoms with van der Waals surface area (Å²) in [5.41, 5.74) is -0.981. The van der Waals surface area contributed by atoms with Gasteiger partial charge >= 0.3 is 0 Å². The molecule has 0 aromatic rings. The molecule has 0 aliphatic carbocycles. The lowest BCUT2D eigenvalue weighted by atomic mass is 9.86. The molecule has 3 amide bonds. The Morgan fingerprint density at radius 3 is 2.55 bits per heavy atom. The van der Waals surface area contributed by atoms with Crippen LogP contribution in [0.2, 0.25) is 0 Å². The number of amides is 3. The van der Waals surface area contributed by atoms with E-state index in [1.54, 1.807) is 13.8 Å². The number of nitrogens with one attached hydrogen (secondary N) is 2. The number of aliphatic hydroxyl groups excluding tert-OH is 2. The molecule has 2 aliphatic heterocycles. The Morgan fingerprint density at radius 2 is 1.97 bits per heavy atom. The van der Waals surface area contributed by atoms with Crippen LogP contribution in [0.4, 0.5) is 0 Å². The molecule has 31 heavy (non-hydrogen) atoms. The molecule has 0 bridgehead atoms. The minimum absolute atomic E-state index is 0.0241. The molecule has 2 rings (SSSR count). The molecule has 0 unspecified atom stereocenters. The van der Waals surface area contributed by atoms with Crippen LogP contribution in [0, 0.1) is 11.3 Å². The molecule has 2 fully saturated rings. The van der Waals surface area contributed by atoms with Crippen molar-refractivity contribution in [2.75, 3.05) is 25.4 Å². The van der Waals surface area contributed by atoms with Gasteiger partial charge in [-0.2, -0.15) is 11.8 Å². The molecule has 0 aromatic carbocycles. The zero-order valence-electron chi connectivity index (χ0n) is 18.1. The molecule has 4 N–H and O–H groups in total. The van der Waals surface area contributed by atoms with Crippen LogP contribution in [0.15, 0.2) is 0 Å². The lowest BCUT2D eigenvalue weighted by Gasteiger charge is -2.45. The van der Waals surface area contributed by atoms with Crippen LogP contribution in [-0.2, 0) is 19.2 Å². The molecule has 2 aliphatic rings. The number of β-lactam (4-membered cyclic amide) rings is 1. The number of nitrogens with zero attached hydrogens (tertiary/aromatic N) is 1. The summed E-state index contributed by atoms with van der Waals surface area (Å²) >= 11 is 1.41. The van der Waals surface area contributed by atoms with Gasteiger partial charge in [-0.1, -0.05) is 20.8 Å². The van der Waals surface area contributed by atoms with Crippen molar-refractivity contribution in [2.45, 2.75) is 63.5 Å². The van der Waals surface area contributed by atoms with E-state index in [2.05, 4.69) is 10.6 Å². The van der Waals surface area contributed by atoms with Gasteiger partial charge in [0.25, 0.3) is 0 Å². The Bertz CT molecular complexity index is 702. The number of carbonyl (C=O) groups excluding carboxylic acids is 4. The van der Waals surface area contributed by atoms with Crippen LogP contribution in [-0.4, -0.2) is 87.7 Å².